The van der Waals surface area contributed by atoms with E-state index in [0.717, 1.165) is 5.56 Å². The number of carbonyl (C=O) groups excluding carboxylic acids is 1. The molecule has 1 aromatic rings. The molecule has 1 amide bonds. The van der Waals surface area contributed by atoms with Gasteiger partial charge in [0.25, 0.3) is 0 Å². The smallest absolute Gasteiger partial charge is 0.230 e. The maximum atomic E-state index is 11.7. The van der Waals surface area contributed by atoms with E-state index in [0.29, 0.717) is 16.6 Å². The third-order valence-corrected chi connectivity index (χ3v) is 2.62. The van der Waals surface area contributed by atoms with Crippen molar-refractivity contribution in [2.75, 3.05) is 21.3 Å². The van der Waals surface area contributed by atoms with Crippen LogP contribution in [0.2, 0.25) is 0 Å². The number of rotatable bonds is 4. The lowest BCUT2D eigenvalue weighted by atomic mass is 10.1. The normalized spacial score (nSPS) is 9.50. The van der Waals surface area contributed by atoms with E-state index >= 15 is 0 Å². The Morgan fingerprint density at radius 3 is 2.61 bits per heavy atom. The number of hydrogen-bond donors (Lipinski definition) is 2. The molecule has 1 rings (SSSR count). The third kappa shape index (κ3) is 3.89. The van der Waals surface area contributed by atoms with Gasteiger partial charge in [-0.25, -0.2) is 0 Å². The molecule has 5 nitrogen and oxygen atoms in total. The molecule has 0 bridgehead atoms. The summed E-state index contributed by atoms with van der Waals surface area (Å²) in [7, 11) is 4.78. The van der Waals surface area contributed by atoms with Crippen molar-refractivity contribution < 1.29 is 14.3 Å². The number of carbonyl (C=O) groups is 1. The van der Waals surface area contributed by atoms with E-state index in [-0.39, 0.29) is 12.3 Å². The van der Waals surface area contributed by atoms with Crippen LogP contribution in [0.25, 0.3) is 0 Å². The molecular weight excluding hydrogens is 252 g/mol. The Kier molecular flexibility index (Phi) is 5.38. The molecule has 0 unspecified atom stereocenters. The van der Waals surface area contributed by atoms with E-state index in [1.165, 1.54) is 0 Å². The summed E-state index contributed by atoms with van der Waals surface area (Å²) in [5.41, 5.74) is 0.744. The zero-order valence-corrected chi connectivity index (χ0v) is 11.4. The molecule has 0 aliphatic heterocycles. The second-order valence-corrected chi connectivity index (χ2v) is 3.89. The fourth-order valence-electron chi connectivity index (χ4n) is 1.43. The SMILES string of the molecule is CNC(=S)NC(=O)Cc1cc(OC)ccc1OC. The Morgan fingerprint density at radius 1 is 1.33 bits per heavy atom. The lowest BCUT2D eigenvalue weighted by molar-refractivity contribution is -0.119. The summed E-state index contributed by atoms with van der Waals surface area (Å²) in [6, 6.07) is 5.30. The number of ether oxygens (including phenoxy) is 2. The Labute approximate surface area is 111 Å². The van der Waals surface area contributed by atoms with Gasteiger partial charge in [-0.2, -0.15) is 0 Å². The van der Waals surface area contributed by atoms with Gasteiger partial charge >= 0.3 is 0 Å². The average molecular weight is 268 g/mol. The van der Waals surface area contributed by atoms with Gasteiger partial charge in [0.05, 0.1) is 20.6 Å². The zero-order valence-electron chi connectivity index (χ0n) is 10.6. The first kappa shape index (κ1) is 14.2. The van der Waals surface area contributed by atoms with Crippen LogP contribution in [0.5, 0.6) is 11.5 Å². The first-order valence-electron chi connectivity index (χ1n) is 5.33. The molecular formula is C12H16N2O3S. The van der Waals surface area contributed by atoms with Gasteiger partial charge in [0.2, 0.25) is 5.91 Å². The van der Waals surface area contributed by atoms with Gasteiger partial charge in [-0.1, -0.05) is 0 Å². The third-order valence-electron chi connectivity index (χ3n) is 2.32. The van der Waals surface area contributed by atoms with Gasteiger partial charge in [-0.15, -0.1) is 0 Å². The minimum absolute atomic E-state index is 0.169. The summed E-state index contributed by atoms with van der Waals surface area (Å²) >= 11 is 4.86. The largest absolute Gasteiger partial charge is 0.497 e. The van der Waals surface area contributed by atoms with Crippen LogP contribution in [0.1, 0.15) is 5.56 Å². The number of hydrogen-bond acceptors (Lipinski definition) is 4. The quantitative estimate of drug-likeness (QED) is 0.793. The molecule has 0 aromatic heterocycles. The van der Waals surface area contributed by atoms with Crippen LogP contribution in [0.4, 0.5) is 0 Å². The van der Waals surface area contributed by atoms with Crippen LogP contribution in [0, 0.1) is 0 Å². The Morgan fingerprint density at radius 2 is 2.06 bits per heavy atom. The zero-order chi connectivity index (χ0) is 13.5. The van der Waals surface area contributed by atoms with Crippen molar-refractivity contribution in [2.24, 2.45) is 0 Å². The summed E-state index contributed by atoms with van der Waals surface area (Å²) < 4.78 is 10.3. The maximum absolute atomic E-state index is 11.7. The van der Waals surface area contributed by atoms with Crippen molar-refractivity contribution in [2.45, 2.75) is 6.42 Å². The average Bonchev–Trinajstić information content (AvgIpc) is 2.38. The molecule has 0 saturated carbocycles. The lowest BCUT2D eigenvalue weighted by Crippen LogP contribution is -2.38. The highest BCUT2D eigenvalue weighted by Gasteiger charge is 2.10. The van der Waals surface area contributed by atoms with E-state index in [1.807, 2.05) is 0 Å². The standard InChI is InChI=1S/C12H16N2O3S/c1-13-12(18)14-11(15)7-8-6-9(16-2)4-5-10(8)17-3/h4-6H,7H2,1-3H3,(H2,13,14,15,18). The number of nitrogens with one attached hydrogen (secondary N) is 2. The van der Waals surface area contributed by atoms with E-state index in [2.05, 4.69) is 10.6 Å². The van der Waals surface area contributed by atoms with Crippen molar-refractivity contribution >= 4 is 23.2 Å². The summed E-state index contributed by atoms with van der Waals surface area (Å²) in [5.74, 6) is 1.11. The highest BCUT2D eigenvalue weighted by Crippen LogP contribution is 2.24. The number of benzene rings is 1. The molecule has 6 heteroatoms. The topological polar surface area (TPSA) is 59.6 Å². The van der Waals surface area contributed by atoms with Gasteiger partial charge in [0.15, 0.2) is 5.11 Å². The lowest BCUT2D eigenvalue weighted by Gasteiger charge is -2.11. The molecule has 98 valence electrons. The van der Waals surface area contributed by atoms with Crippen LogP contribution in [-0.2, 0) is 11.2 Å². The van der Waals surface area contributed by atoms with Gasteiger partial charge in [-0.3, -0.25) is 4.79 Å². The Hall–Kier alpha value is -1.82. The summed E-state index contributed by atoms with van der Waals surface area (Å²) in [4.78, 5) is 11.7. The molecule has 0 saturated heterocycles. The molecule has 0 spiro atoms. The summed E-state index contributed by atoms with van der Waals surface area (Å²) in [6.45, 7) is 0. The van der Waals surface area contributed by atoms with Crippen LogP contribution in [-0.4, -0.2) is 32.3 Å². The maximum Gasteiger partial charge on any atom is 0.230 e. The molecule has 18 heavy (non-hydrogen) atoms. The highest BCUT2D eigenvalue weighted by atomic mass is 32.1. The van der Waals surface area contributed by atoms with E-state index in [9.17, 15) is 4.79 Å². The Balaban J connectivity index is 2.81. The number of thiocarbonyl (C=S) groups is 1. The van der Waals surface area contributed by atoms with Gasteiger partial charge < -0.3 is 20.1 Å². The van der Waals surface area contributed by atoms with Gasteiger partial charge in [0.1, 0.15) is 11.5 Å². The van der Waals surface area contributed by atoms with Crippen molar-refractivity contribution in [3.8, 4) is 11.5 Å². The van der Waals surface area contributed by atoms with Crippen LogP contribution >= 0.6 is 12.2 Å². The Bertz CT molecular complexity index is 449. The predicted octanol–water partition coefficient (Wildman–Crippen LogP) is 0.867. The summed E-state index contributed by atoms with van der Waals surface area (Å²) in [6.07, 6.45) is 0.169. The molecule has 1 aromatic carbocycles. The summed E-state index contributed by atoms with van der Waals surface area (Å²) in [5, 5.41) is 5.52. The van der Waals surface area contributed by atoms with Gasteiger partial charge in [-0.05, 0) is 30.4 Å². The van der Waals surface area contributed by atoms with Crippen molar-refractivity contribution in [3.05, 3.63) is 23.8 Å². The molecule has 0 radical (unpaired) electrons. The van der Waals surface area contributed by atoms with E-state index in [4.69, 9.17) is 21.7 Å². The van der Waals surface area contributed by atoms with Crippen LogP contribution in [0.15, 0.2) is 18.2 Å². The first-order valence-corrected chi connectivity index (χ1v) is 5.74. The minimum atomic E-state index is -0.207. The minimum Gasteiger partial charge on any atom is -0.497 e. The first-order chi connectivity index (χ1) is 8.60. The molecule has 0 heterocycles. The fraction of sp³-hybridized carbons (Fsp3) is 0.333. The number of amides is 1. The van der Waals surface area contributed by atoms with Crippen LogP contribution < -0.4 is 20.1 Å². The molecule has 0 aliphatic rings. The fourth-order valence-corrected chi connectivity index (χ4v) is 1.54. The second kappa shape index (κ2) is 6.80. The number of methoxy groups -OCH3 is 2. The van der Waals surface area contributed by atoms with Crippen molar-refractivity contribution in [1.82, 2.24) is 10.6 Å². The predicted molar refractivity (Wildman–Crippen MR) is 73.1 cm³/mol. The molecule has 0 fully saturated rings. The van der Waals surface area contributed by atoms with E-state index < -0.39 is 0 Å². The monoisotopic (exact) mass is 268 g/mol. The molecule has 0 aliphatic carbocycles. The van der Waals surface area contributed by atoms with Crippen molar-refractivity contribution in [1.29, 1.82) is 0 Å². The van der Waals surface area contributed by atoms with Crippen LogP contribution in [0.3, 0.4) is 0 Å². The highest BCUT2D eigenvalue weighted by molar-refractivity contribution is 7.80. The van der Waals surface area contributed by atoms with Gasteiger partial charge in [0, 0.05) is 12.6 Å². The van der Waals surface area contributed by atoms with E-state index in [1.54, 1.807) is 39.5 Å². The molecule has 0 atom stereocenters. The molecule has 2 N–H and O–H groups in total. The second-order valence-electron chi connectivity index (χ2n) is 3.48. The van der Waals surface area contributed by atoms with Crippen molar-refractivity contribution in [3.63, 3.8) is 0 Å².